The highest BCUT2D eigenvalue weighted by Gasteiger charge is 2.23. The molecule has 0 bridgehead atoms. The van der Waals surface area contributed by atoms with Crippen LogP contribution in [0.1, 0.15) is 33.2 Å². The number of H-pyrrole nitrogens is 1. The summed E-state index contributed by atoms with van der Waals surface area (Å²) >= 11 is 0. The molecule has 132 valence electrons. The fourth-order valence-corrected chi connectivity index (χ4v) is 2.62. The van der Waals surface area contributed by atoms with Gasteiger partial charge in [-0.05, 0) is 48.4 Å². The lowest BCUT2D eigenvalue weighted by Gasteiger charge is -2.20. The van der Waals surface area contributed by atoms with Crippen LogP contribution in [0.15, 0.2) is 59.7 Å². The molecule has 0 radical (unpaired) electrons. The number of aryl methyl sites for hydroxylation is 1. The van der Waals surface area contributed by atoms with Gasteiger partial charge in [0.25, 0.3) is 5.91 Å². The third-order valence-corrected chi connectivity index (χ3v) is 3.78. The van der Waals surface area contributed by atoms with Gasteiger partial charge in [0.1, 0.15) is 17.3 Å². The third-order valence-electron chi connectivity index (χ3n) is 3.78. The van der Waals surface area contributed by atoms with Crippen LogP contribution in [-0.4, -0.2) is 15.9 Å². The maximum atomic E-state index is 14.3. The molecule has 1 atom stereocenters. The van der Waals surface area contributed by atoms with Gasteiger partial charge in [-0.2, -0.15) is 0 Å². The summed E-state index contributed by atoms with van der Waals surface area (Å²) in [7, 11) is 0. The van der Waals surface area contributed by atoms with Crippen molar-refractivity contribution in [1.29, 1.82) is 0 Å². The van der Waals surface area contributed by atoms with E-state index in [0.29, 0.717) is 11.1 Å². The van der Waals surface area contributed by atoms with E-state index < -0.39 is 23.6 Å². The molecule has 0 saturated heterocycles. The predicted octanol–water partition coefficient (Wildman–Crippen LogP) is 2.88. The molecule has 3 rings (SSSR count). The standard InChI is InChI=1S/C19H15F2N3O2/c1-11-7-13(9-14(20)8-11)17(18-15(21)3-2-6-22-18)24-19(26)12-4-5-16(25)23-10-12/h2-10,17H,1H3,(H,23,25)(H,24,26). The van der Waals surface area contributed by atoms with Gasteiger partial charge in [0, 0.05) is 18.5 Å². The van der Waals surface area contributed by atoms with Gasteiger partial charge < -0.3 is 10.3 Å². The van der Waals surface area contributed by atoms with Crippen LogP contribution >= 0.6 is 0 Å². The Balaban J connectivity index is 2.03. The first-order valence-electron chi connectivity index (χ1n) is 7.81. The normalized spacial score (nSPS) is 11.8. The first-order valence-corrected chi connectivity index (χ1v) is 7.81. The summed E-state index contributed by atoms with van der Waals surface area (Å²) in [4.78, 5) is 30.1. The van der Waals surface area contributed by atoms with Crippen LogP contribution in [-0.2, 0) is 0 Å². The molecule has 26 heavy (non-hydrogen) atoms. The first kappa shape index (κ1) is 17.5. The molecule has 3 aromatic rings. The van der Waals surface area contributed by atoms with Gasteiger partial charge in [-0.3, -0.25) is 14.6 Å². The van der Waals surface area contributed by atoms with Gasteiger partial charge in [0.05, 0.1) is 11.6 Å². The van der Waals surface area contributed by atoms with Crippen LogP contribution in [0.2, 0.25) is 0 Å². The molecule has 0 fully saturated rings. The summed E-state index contributed by atoms with van der Waals surface area (Å²) in [6.07, 6.45) is 2.64. The fourth-order valence-electron chi connectivity index (χ4n) is 2.62. The molecule has 1 aromatic carbocycles. The van der Waals surface area contributed by atoms with E-state index in [0.717, 1.165) is 0 Å². The zero-order valence-corrected chi connectivity index (χ0v) is 13.8. The number of halogens is 2. The molecule has 2 aromatic heterocycles. The molecular weight excluding hydrogens is 340 g/mol. The Morgan fingerprint density at radius 1 is 1.19 bits per heavy atom. The number of pyridine rings is 2. The topological polar surface area (TPSA) is 74.8 Å². The lowest BCUT2D eigenvalue weighted by Crippen LogP contribution is -2.31. The van der Waals surface area contributed by atoms with Crippen molar-refractivity contribution in [2.24, 2.45) is 0 Å². The van der Waals surface area contributed by atoms with Gasteiger partial charge in [-0.15, -0.1) is 0 Å². The number of aromatic nitrogens is 2. The Kier molecular flexibility index (Phi) is 4.88. The first-order chi connectivity index (χ1) is 12.4. The van der Waals surface area contributed by atoms with Crippen LogP contribution in [0.25, 0.3) is 0 Å². The molecule has 1 amide bonds. The second kappa shape index (κ2) is 7.26. The molecule has 0 aliphatic rings. The average Bonchev–Trinajstić information content (AvgIpc) is 2.60. The van der Waals surface area contributed by atoms with E-state index in [2.05, 4.69) is 15.3 Å². The molecule has 0 aliphatic heterocycles. The van der Waals surface area contributed by atoms with Gasteiger partial charge in [-0.1, -0.05) is 6.07 Å². The Hall–Kier alpha value is -3.35. The molecular formula is C19H15F2N3O2. The summed E-state index contributed by atoms with van der Waals surface area (Å²) in [6.45, 7) is 1.70. The van der Waals surface area contributed by atoms with Crippen molar-refractivity contribution >= 4 is 5.91 Å². The van der Waals surface area contributed by atoms with Crippen molar-refractivity contribution in [2.45, 2.75) is 13.0 Å². The molecule has 2 N–H and O–H groups in total. The molecule has 2 heterocycles. The van der Waals surface area contributed by atoms with Gasteiger partial charge in [-0.25, -0.2) is 8.78 Å². The van der Waals surface area contributed by atoms with Gasteiger partial charge >= 0.3 is 0 Å². The molecule has 5 nitrogen and oxygen atoms in total. The molecule has 0 saturated carbocycles. The minimum absolute atomic E-state index is 0.0322. The molecule has 0 aliphatic carbocycles. The predicted molar refractivity (Wildman–Crippen MR) is 91.7 cm³/mol. The van der Waals surface area contributed by atoms with Crippen molar-refractivity contribution in [2.75, 3.05) is 0 Å². The Labute approximate surface area is 147 Å². The minimum atomic E-state index is -0.995. The molecule has 1 unspecified atom stereocenters. The summed E-state index contributed by atoms with van der Waals surface area (Å²) in [5.41, 5.74) is 0.779. The SMILES string of the molecule is Cc1cc(F)cc(C(NC(=O)c2ccc(=O)[nH]c2)c2ncccc2F)c1. The van der Waals surface area contributed by atoms with E-state index in [-0.39, 0.29) is 16.8 Å². The lowest BCUT2D eigenvalue weighted by atomic mass is 10.00. The Morgan fingerprint density at radius 2 is 2.00 bits per heavy atom. The Morgan fingerprint density at radius 3 is 2.65 bits per heavy atom. The number of carbonyl (C=O) groups excluding carboxylic acids is 1. The number of carbonyl (C=O) groups is 1. The zero-order chi connectivity index (χ0) is 18.7. The van der Waals surface area contributed by atoms with Crippen molar-refractivity contribution in [3.8, 4) is 0 Å². The van der Waals surface area contributed by atoms with Crippen LogP contribution < -0.4 is 10.9 Å². The van der Waals surface area contributed by atoms with E-state index in [1.165, 1.54) is 48.8 Å². The minimum Gasteiger partial charge on any atom is -0.339 e. The summed E-state index contributed by atoms with van der Waals surface area (Å²) in [6, 6.07) is 8.40. The summed E-state index contributed by atoms with van der Waals surface area (Å²) < 4.78 is 28.1. The number of aromatic amines is 1. The van der Waals surface area contributed by atoms with E-state index in [1.807, 2.05) is 0 Å². The number of nitrogens with zero attached hydrogens (tertiary/aromatic N) is 1. The number of amides is 1. The van der Waals surface area contributed by atoms with E-state index in [1.54, 1.807) is 13.0 Å². The smallest absolute Gasteiger partial charge is 0.253 e. The maximum Gasteiger partial charge on any atom is 0.253 e. The van der Waals surface area contributed by atoms with Crippen molar-refractivity contribution in [3.05, 3.63) is 99.2 Å². The van der Waals surface area contributed by atoms with E-state index in [9.17, 15) is 18.4 Å². The lowest BCUT2D eigenvalue weighted by molar-refractivity contribution is 0.0941. The number of hydrogen-bond acceptors (Lipinski definition) is 3. The van der Waals surface area contributed by atoms with E-state index in [4.69, 9.17) is 0 Å². The average molecular weight is 355 g/mol. The van der Waals surface area contributed by atoms with Crippen molar-refractivity contribution in [3.63, 3.8) is 0 Å². The maximum absolute atomic E-state index is 14.3. The number of rotatable bonds is 4. The second-order valence-corrected chi connectivity index (χ2v) is 5.78. The van der Waals surface area contributed by atoms with Gasteiger partial charge in [0.2, 0.25) is 5.56 Å². The van der Waals surface area contributed by atoms with Crippen molar-refractivity contribution < 1.29 is 13.6 Å². The number of benzene rings is 1. The quantitative estimate of drug-likeness (QED) is 0.756. The second-order valence-electron chi connectivity index (χ2n) is 5.78. The van der Waals surface area contributed by atoms with Crippen molar-refractivity contribution in [1.82, 2.24) is 15.3 Å². The summed E-state index contributed by atoms with van der Waals surface area (Å²) in [5.74, 6) is -1.68. The Bertz CT molecular complexity index is 977. The van der Waals surface area contributed by atoms with Crippen LogP contribution in [0.3, 0.4) is 0 Å². The highest BCUT2D eigenvalue weighted by atomic mass is 19.1. The summed E-state index contributed by atoms with van der Waals surface area (Å²) in [5, 5.41) is 2.65. The highest BCUT2D eigenvalue weighted by molar-refractivity contribution is 5.94. The molecule has 7 heteroatoms. The zero-order valence-electron chi connectivity index (χ0n) is 13.8. The third kappa shape index (κ3) is 3.83. The number of nitrogens with one attached hydrogen (secondary N) is 2. The van der Waals surface area contributed by atoms with E-state index >= 15 is 0 Å². The van der Waals surface area contributed by atoms with Crippen LogP contribution in [0.5, 0.6) is 0 Å². The molecule has 0 spiro atoms. The largest absolute Gasteiger partial charge is 0.339 e. The van der Waals surface area contributed by atoms with Crippen LogP contribution in [0.4, 0.5) is 8.78 Å². The highest BCUT2D eigenvalue weighted by Crippen LogP contribution is 2.25. The van der Waals surface area contributed by atoms with Crippen LogP contribution in [0, 0.1) is 18.6 Å². The van der Waals surface area contributed by atoms with Gasteiger partial charge in [0.15, 0.2) is 0 Å². The number of hydrogen-bond donors (Lipinski definition) is 2. The fraction of sp³-hybridized carbons (Fsp3) is 0.105. The monoisotopic (exact) mass is 355 g/mol.